The van der Waals surface area contributed by atoms with Crippen molar-refractivity contribution in [3.05, 3.63) is 95.6 Å². The molecule has 0 unspecified atom stereocenters. The molecule has 2 amide bonds. The molecular weight excluding hydrogens is 414 g/mol. The average Bonchev–Trinajstić information content (AvgIpc) is 2.74. The number of anilines is 1. The minimum Gasteiger partial charge on any atom is -0.366 e. The lowest BCUT2D eigenvalue weighted by molar-refractivity contribution is -0.117. The molecule has 0 saturated carbocycles. The third-order valence-corrected chi connectivity index (χ3v) is 6.15. The van der Waals surface area contributed by atoms with Crippen LogP contribution in [0.3, 0.4) is 0 Å². The molecule has 0 fully saturated rings. The number of sulfonamides is 1. The highest BCUT2D eigenvalue weighted by Crippen LogP contribution is 2.15. The Morgan fingerprint density at radius 2 is 1.52 bits per heavy atom. The summed E-state index contributed by atoms with van der Waals surface area (Å²) in [5.41, 5.74) is 7.69. The fourth-order valence-electron chi connectivity index (χ4n) is 2.96. The number of nitrogens with one attached hydrogen (secondary N) is 2. The fourth-order valence-corrected chi connectivity index (χ4v) is 4.15. The van der Waals surface area contributed by atoms with Crippen LogP contribution < -0.4 is 15.8 Å². The molecule has 0 aromatic heterocycles. The number of carbonyl (C=O) groups excluding carboxylic acids is 2. The van der Waals surface area contributed by atoms with Crippen molar-refractivity contribution in [1.82, 2.24) is 4.72 Å². The molecule has 7 nitrogen and oxygen atoms in total. The van der Waals surface area contributed by atoms with Crippen molar-refractivity contribution < 1.29 is 18.0 Å². The topological polar surface area (TPSA) is 118 Å². The first-order chi connectivity index (χ1) is 14.7. The minimum absolute atomic E-state index is 0.0785. The minimum atomic E-state index is -3.92. The zero-order chi connectivity index (χ0) is 22.4. The van der Waals surface area contributed by atoms with Gasteiger partial charge in [-0.1, -0.05) is 48.0 Å². The van der Waals surface area contributed by atoms with E-state index in [2.05, 4.69) is 10.0 Å². The number of amides is 2. The van der Waals surface area contributed by atoms with Crippen LogP contribution in [0.1, 0.15) is 21.5 Å². The molecule has 31 heavy (non-hydrogen) atoms. The van der Waals surface area contributed by atoms with E-state index in [0.717, 1.165) is 11.1 Å². The van der Waals surface area contributed by atoms with Gasteiger partial charge in [-0.15, -0.1) is 0 Å². The molecule has 0 radical (unpaired) electrons. The van der Waals surface area contributed by atoms with Gasteiger partial charge in [0.1, 0.15) is 6.04 Å². The van der Waals surface area contributed by atoms with E-state index in [1.165, 1.54) is 36.4 Å². The first kappa shape index (κ1) is 22.2. The monoisotopic (exact) mass is 437 g/mol. The van der Waals surface area contributed by atoms with Crippen LogP contribution in [0.4, 0.5) is 5.69 Å². The normalized spacial score (nSPS) is 12.2. The van der Waals surface area contributed by atoms with Gasteiger partial charge in [0.25, 0.3) is 0 Å². The highest BCUT2D eigenvalue weighted by Gasteiger charge is 2.26. The molecular formula is C23H23N3O4S. The maximum Gasteiger partial charge on any atom is 0.248 e. The van der Waals surface area contributed by atoms with Gasteiger partial charge in [-0.2, -0.15) is 4.72 Å². The van der Waals surface area contributed by atoms with Crippen molar-refractivity contribution in [2.45, 2.75) is 24.3 Å². The lowest BCUT2D eigenvalue weighted by Gasteiger charge is -2.19. The molecule has 160 valence electrons. The molecule has 8 heteroatoms. The van der Waals surface area contributed by atoms with Crippen LogP contribution in [0.25, 0.3) is 0 Å². The molecule has 1 atom stereocenters. The van der Waals surface area contributed by atoms with Crippen molar-refractivity contribution in [3.8, 4) is 0 Å². The number of benzene rings is 3. The van der Waals surface area contributed by atoms with Crippen molar-refractivity contribution >= 4 is 27.5 Å². The Bertz CT molecular complexity index is 1160. The Morgan fingerprint density at radius 1 is 0.903 bits per heavy atom. The van der Waals surface area contributed by atoms with Crippen molar-refractivity contribution in [3.63, 3.8) is 0 Å². The van der Waals surface area contributed by atoms with Crippen LogP contribution in [-0.2, 0) is 21.2 Å². The summed E-state index contributed by atoms with van der Waals surface area (Å²) >= 11 is 0. The summed E-state index contributed by atoms with van der Waals surface area (Å²) in [6.07, 6.45) is 0.164. The molecule has 3 aromatic carbocycles. The molecule has 0 aliphatic rings. The van der Waals surface area contributed by atoms with Crippen LogP contribution >= 0.6 is 0 Å². The quantitative estimate of drug-likeness (QED) is 0.502. The van der Waals surface area contributed by atoms with Gasteiger partial charge in [-0.05, 0) is 55.3 Å². The first-order valence-corrected chi connectivity index (χ1v) is 11.1. The Balaban J connectivity index is 1.83. The van der Waals surface area contributed by atoms with E-state index in [0.29, 0.717) is 11.3 Å². The van der Waals surface area contributed by atoms with Crippen LogP contribution in [0.15, 0.2) is 83.8 Å². The second-order valence-corrected chi connectivity index (χ2v) is 8.82. The van der Waals surface area contributed by atoms with E-state index in [4.69, 9.17) is 5.73 Å². The SMILES string of the molecule is Cc1ccc(S(=O)(=O)N[C@@H](Cc2ccccc2)C(=O)Nc2ccc(C(N)=O)cc2)cc1. The Kier molecular flexibility index (Phi) is 6.84. The van der Waals surface area contributed by atoms with Crippen LogP contribution in [0.5, 0.6) is 0 Å². The van der Waals surface area contributed by atoms with Gasteiger partial charge >= 0.3 is 0 Å². The maximum atomic E-state index is 13.0. The van der Waals surface area contributed by atoms with Gasteiger partial charge in [0.2, 0.25) is 21.8 Å². The lowest BCUT2D eigenvalue weighted by atomic mass is 10.1. The number of primary amides is 1. The predicted molar refractivity (Wildman–Crippen MR) is 119 cm³/mol. The highest BCUT2D eigenvalue weighted by atomic mass is 32.2. The zero-order valence-electron chi connectivity index (χ0n) is 16.9. The van der Waals surface area contributed by atoms with Crippen LogP contribution in [-0.4, -0.2) is 26.3 Å². The van der Waals surface area contributed by atoms with Gasteiger partial charge in [0.15, 0.2) is 0 Å². The van der Waals surface area contributed by atoms with E-state index < -0.39 is 27.9 Å². The van der Waals surface area contributed by atoms with E-state index in [1.807, 2.05) is 37.3 Å². The second kappa shape index (κ2) is 9.55. The highest BCUT2D eigenvalue weighted by molar-refractivity contribution is 7.89. The molecule has 3 rings (SSSR count). The van der Waals surface area contributed by atoms with Gasteiger partial charge in [-0.25, -0.2) is 8.42 Å². The van der Waals surface area contributed by atoms with Crippen molar-refractivity contribution in [2.75, 3.05) is 5.32 Å². The predicted octanol–water partition coefficient (Wildman–Crippen LogP) is 2.62. The smallest absolute Gasteiger partial charge is 0.248 e. The second-order valence-electron chi connectivity index (χ2n) is 7.11. The summed E-state index contributed by atoms with van der Waals surface area (Å²) in [7, 11) is -3.92. The summed E-state index contributed by atoms with van der Waals surface area (Å²) in [5.74, 6) is -1.10. The fraction of sp³-hybridized carbons (Fsp3) is 0.130. The Labute approximate surface area is 181 Å². The number of hydrogen-bond acceptors (Lipinski definition) is 4. The lowest BCUT2D eigenvalue weighted by Crippen LogP contribution is -2.45. The molecule has 0 bridgehead atoms. The third-order valence-electron chi connectivity index (χ3n) is 4.66. The standard InChI is InChI=1S/C23H23N3O4S/c1-16-7-13-20(14-8-16)31(29,30)26-21(15-17-5-3-2-4-6-17)23(28)25-19-11-9-18(10-12-19)22(24)27/h2-14,21,26H,15H2,1H3,(H2,24,27)(H,25,28)/t21-/m0/s1. The van der Waals surface area contributed by atoms with Gasteiger partial charge in [-0.3, -0.25) is 9.59 Å². The molecule has 0 aliphatic carbocycles. The number of nitrogens with two attached hydrogens (primary N) is 1. The molecule has 4 N–H and O–H groups in total. The van der Waals surface area contributed by atoms with Gasteiger partial charge in [0, 0.05) is 11.3 Å². The molecule has 0 aliphatic heterocycles. The van der Waals surface area contributed by atoms with Crippen LogP contribution in [0, 0.1) is 6.92 Å². The number of aryl methyl sites for hydroxylation is 1. The molecule has 0 saturated heterocycles. The summed E-state index contributed by atoms with van der Waals surface area (Å²) in [4.78, 5) is 24.3. The number of carbonyl (C=O) groups is 2. The first-order valence-electron chi connectivity index (χ1n) is 9.58. The zero-order valence-corrected chi connectivity index (χ0v) is 17.7. The largest absolute Gasteiger partial charge is 0.366 e. The number of rotatable bonds is 8. The summed E-state index contributed by atoms with van der Waals surface area (Å²) in [6, 6.07) is 20.5. The Morgan fingerprint density at radius 3 is 2.10 bits per heavy atom. The number of hydrogen-bond donors (Lipinski definition) is 3. The van der Waals surface area contributed by atoms with E-state index in [1.54, 1.807) is 12.1 Å². The van der Waals surface area contributed by atoms with Gasteiger partial charge in [0.05, 0.1) is 4.90 Å². The van der Waals surface area contributed by atoms with Gasteiger partial charge < -0.3 is 11.1 Å². The van der Waals surface area contributed by atoms with E-state index in [-0.39, 0.29) is 11.3 Å². The van der Waals surface area contributed by atoms with E-state index in [9.17, 15) is 18.0 Å². The van der Waals surface area contributed by atoms with Crippen LogP contribution in [0.2, 0.25) is 0 Å². The molecule has 3 aromatic rings. The van der Waals surface area contributed by atoms with E-state index >= 15 is 0 Å². The summed E-state index contributed by atoms with van der Waals surface area (Å²) in [6.45, 7) is 1.86. The summed E-state index contributed by atoms with van der Waals surface area (Å²) in [5, 5.41) is 2.69. The van der Waals surface area contributed by atoms with Crippen molar-refractivity contribution in [2.24, 2.45) is 5.73 Å². The Hall–Kier alpha value is -3.49. The third kappa shape index (κ3) is 6.00. The molecule has 0 spiro atoms. The maximum absolute atomic E-state index is 13.0. The average molecular weight is 438 g/mol. The van der Waals surface area contributed by atoms with Crippen molar-refractivity contribution in [1.29, 1.82) is 0 Å². The summed E-state index contributed by atoms with van der Waals surface area (Å²) < 4.78 is 28.3. The molecule has 0 heterocycles.